The third-order valence-corrected chi connectivity index (χ3v) is 3.79. The molecule has 1 amide bonds. The summed E-state index contributed by atoms with van der Waals surface area (Å²) in [6.07, 6.45) is 9.42. The fourth-order valence-electron chi connectivity index (χ4n) is 2.51. The van der Waals surface area contributed by atoms with Gasteiger partial charge in [0.1, 0.15) is 11.6 Å². The van der Waals surface area contributed by atoms with Crippen LogP contribution in [0.4, 0.5) is 0 Å². The molecular formula is C22H28N4O. The van der Waals surface area contributed by atoms with Gasteiger partial charge >= 0.3 is 0 Å². The van der Waals surface area contributed by atoms with Crippen LogP contribution in [0.5, 0.6) is 0 Å². The molecule has 27 heavy (non-hydrogen) atoms. The van der Waals surface area contributed by atoms with Crippen molar-refractivity contribution in [1.29, 1.82) is 0 Å². The van der Waals surface area contributed by atoms with Crippen molar-refractivity contribution >= 4 is 11.5 Å². The van der Waals surface area contributed by atoms with Crippen molar-refractivity contribution in [2.45, 2.75) is 47.1 Å². The van der Waals surface area contributed by atoms with Crippen LogP contribution in [-0.2, 0) is 0 Å². The number of hydrogen-bond donors (Lipinski definition) is 1. The van der Waals surface area contributed by atoms with Gasteiger partial charge in [-0.15, -0.1) is 0 Å². The largest absolute Gasteiger partial charge is 0.347 e. The van der Waals surface area contributed by atoms with Gasteiger partial charge in [-0.2, -0.15) is 0 Å². The molecule has 0 aliphatic rings. The molecule has 2 rings (SSSR count). The minimum Gasteiger partial charge on any atom is -0.347 e. The number of carbonyl (C=O) groups excluding carboxylic acids is 1. The van der Waals surface area contributed by atoms with Crippen molar-refractivity contribution < 1.29 is 4.79 Å². The zero-order chi connectivity index (χ0) is 20.2. The highest BCUT2D eigenvalue weighted by Gasteiger charge is 2.18. The molecule has 0 aliphatic carbocycles. The van der Waals surface area contributed by atoms with Crippen molar-refractivity contribution in [3.63, 3.8) is 0 Å². The third-order valence-electron chi connectivity index (χ3n) is 3.79. The van der Waals surface area contributed by atoms with Crippen LogP contribution in [0.3, 0.4) is 0 Å². The number of aromatic nitrogens is 3. The van der Waals surface area contributed by atoms with Crippen molar-refractivity contribution in [1.82, 2.24) is 19.9 Å². The number of pyridine rings is 1. The summed E-state index contributed by atoms with van der Waals surface area (Å²) < 4.78 is 1.87. The van der Waals surface area contributed by atoms with E-state index >= 15 is 0 Å². The molecule has 0 radical (unpaired) electrons. The van der Waals surface area contributed by atoms with E-state index in [-0.39, 0.29) is 11.4 Å². The number of amides is 1. The molecule has 0 spiro atoms. The normalized spacial score (nSPS) is 12.4. The van der Waals surface area contributed by atoms with Crippen LogP contribution in [0.1, 0.15) is 56.5 Å². The second-order valence-corrected chi connectivity index (χ2v) is 7.57. The molecule has 142 valence electrons. The lowest BCUT2D eigenvalue weighted by atomic mass is 10.1. The monoisotopic (exact) mass is 364 g/mol. The molecule has 2 aromatic heterocycles. The molecule has 0 aromatic carbocycles. The summed E-state index contributed by atoms with van der Waals surface area (Å²) in [6, 6.07) is 3.60. The molecule has 0 saturated carbocycles. The number of hydrogen-bond acceptors (Lipinski definition) is 3. The number of aryl methyl sites for hydroxylation is 1. The van der Waals surface area contributed by atoms with Crippen LogP contribution < -0.4 is 5.32 Å². The predicted octanol–water partition coefficient (Wildman–Crippen LogP) is 4.64. The third kappa shape index (κ3) is 5.51. The molecule has 0 fully saturated rings. The van der Waals surface area contributed by atoms with Crippen LogP contribution in [0.2, 0.25) is 0 Å². The summed E-state index contributed by atoms with van der Waals surface area (Å²) in [6.45, 7) is 15.6. The van der Waals surface area contributed by atoms with E-state index in [1.54, 1.807) is 12.3 Å². The SMILES string of the molecule is C=C(C)/C=C\C(=C/C)c1cc(C(=O)NC(C)(C)C)cc(-n2ccnc2C)n1. The number of imidazole rings is 1. The molecule has 1 N–H and O–H groups in total. The van der Waals surface area contributed by atoms with Crippen LogP contribution in [0, 0.1) is 6.92 Å². The molecule has 2 heterocycles. The van der Waals surface area contributed by atoms with Gasteiger partial charge in [-0.05, 0) is 59.2 Å². The van der Waals surface area contributed by atoms with Crippen LogP contribution in [0.15, 0.2) is 54.9 Å². The van der Waals surface area contributed by atoms with Gasteiger partial charge in [-0.1, -0.05) is 30.4 Å². The van der Waals surface area contributed by atoms with E-state index in [0.29, 0.717) is 11.4 Å². The van der Waals surface area contributed by atoms with Gasteiger partial charge in [0.15, 0.2) is 0 Å². The highest BCUT2D eigenvalue weighted by Crippen LogP contribution is 2.20. The average Bonchev–Trinajstić information content (AvgIpc) is 2.99. The van der Waals surface area contributed by atoms with E-state index in [1.165, 1.54) is 0 Å². The second kappa shape index (κ2) is 8.16. The molecule has 0 atom stereocenters. The molecular weight excluding hydrogens is 336 g/mol. The van der Waals surface area contributed by atoms with E-state index < -0.39 is 0 Å². The van der Waals surface area contributed by atoms with Crippen LogP contribution >= 0.6 is 0 Å². The Kier molecular flexibility index (Phi) is 6.16. The minimum atomic E-state index is -0.325. The maximum Gasteiger partial charge on any atom is 0.251 e. The number of allylic oxidation sites excluding steroid dienone is 5. The Hall–Kier alpha value is -2.95. The highest BCUT2D eigenvalue weighted by atomic mass is 16.1. The first-order valence-corrected chi connectivity index (χ1v) is 8.96. The molecule has 0 aliphatic heterocycles. The maximum absolute atomic E-state index is 12.8. The summed E-state index contributed by atoms with van der Waals surface area (Å²) in [4.78, 5) is 21.8. The van der Waals surface area contributed by atoms with Crippen molar-refractivity contribution in [3.05, 3.63) is 72.0 Å². The Balaban J connectivity index is 2.59. The lowest BCUT2D eigenvalue weighted by Crippen LogP contribution is -2.40. The lowest BCUT2D eigenvalue weighted by Gasteiger charge is -2.21. The molecule has 0 saturated heterocycles. The number of carbonyl (C=O) groups is 1. The zero-order valence-electron chi connectivity index (χ0n) is 17.0. The first-order valence-electron chi connectivity index (χ1n) is 8.96. The lowest BCUT2D eigenvalue weighted by molar-refractivity contribution is 0.0919. The zero-order valence-corrected chi connectivity index (χ0v) is 17.0. The highest BCUT2D eigenvalue weighted by molar-refractivity contribution is 5.96. The van der Waals surface area contributed by atoms with E-state index in [1.807, 2.05) is 76.6 Å². The Morgan fingerprint density at radius 2 is 1.96 bits per heavy atom. The van der Waals surface area contributed by atoms with Crippen LogP contribution in [0.25, 0.3) is 11.4 Å². The van der Waals surface area contributed by atoms with Gasteiger partial charge in [0, 0.05) is 23.5 Å². The Morgan fingerprint density at radius 3 is 2.48 bits per heavy atom. The van der Waals surface area contributed by atoms with Crippen molar-refractivity contribution in [3.8, 4) is 5.82 Å². The number of nitrogens with zero attached hydrogens (tertiary/aromatic N) is 3. The van der Waals surface area contributed by atoms with Gasteiger partial charge in [-0.3, -0.25) is 9.36 Å². The first-order chi connectivity index (χ1) is 12.6. The Labute approximate surface area is 161 Å². The fraction of sp³-hybridized carbons (Fsp3) is 0.318. The summed E-state index contributed by atoms with van der Waals surface area (Å²) in [5, 5.41) is 3.01. The number of rotatable bonds is 5. The van der Waals surface area contributed by atoms with E-state index in [4.69, 9.17) is 4.98 Å². The Morgan fingerprint density at radius 1 is 1.26 bits per heavy atom. The molecule has 0 unspecified atom stereocenters. The number of nitrogens with one attached hydrogen (secondary N) is 1. The molecule has 5 heteroatoms. The standard InChI is InChI=1S/C22H28N4O/c1-8-17(10-9-15(2)3)19-13-18(21(27)25-22(5,6)7)14-20(24-19)26-12-11-23-16(26)4/h8-14H,2H2,1,3-7H3,(H,25,27)/b10-9-,17-8+. The van der Waals surface area contributed by atoms with Gasteiger partial charge in [-0.25, -0.2) is 9.97 Å². The van der Waals surface area contributed by atoms with Gasteiger partial charge in [0.2, 0.25) is 0 Å². The quantitative estimate of drug-likeness (QED) is 0.786. The first kappa shape index (κ1) is 20.4. The summed E-state index contributed by atoms with van der Waals surface area (Å²) in [5.74, 6) is 1.33. The molecule has 0 bridgehead atoms. The maximum atomic E-state index is 12.8. The van der Waals surface area contributed by atoms with Crippen molar-refractivity contribution in [2.75, 3.05) is 0 Å². The Bertz CT molecular complexity index is 911. The summed E-state index contributed by atoms with van der Waals surface area (Å²) in [7, 11) is 0. The fourth-order valence-corrected chi connectivity index (χ4v) is 2.51. The predicted molar refractivity (Wildman–Crippen MR) is 111 cm³/mol. The second-order valence-electron chi connectivity index (χ2n) is 7.57. The summed E-state index contributed by atoms with van der Waals surface area (Å²) >= 11 is 0. The molecule has 5 nitrogen and oxygen atoms in total. The van der Waals surface area contributed by atoms with Crippen molar-refractivity contribution in [2.24, 2.45) is 0 Å². The van der Waals surface area contributed by atoms with Gasteiger partial charge in [0.05, 0.1) is 5.69 Å². The molecule has 2 aromatic rings. The average molecular weight is 364 g/mol. The topological polar surface area (TPSA) is 59.8 Å². The minimum absolute atomic E-state index is 0.135. The van der Waals surface area contributed by atoms with Gasteiger partial charge in [0.25, 0.3) is 5.91 Å². The van der Waals surface area contributed by atoms with E-state index in [0.717, 1.165) is 22.7 Å². The summed E-state index contributed by atoms with van der Waals surface area (Å²) in [5.41, 5.74) is 2.82. The van der Waals surface area contributed by atoms with E-state index in [2.05, 4.69) is 16.9 Å². The van der Waals surface area contributed by atoms with E-state index in [9.17, 15) is 4.79 Å². The smallest absolute Gasteiger partial charge is 0.251 e. The van der Waals surface area contributed by atoms with Gasteiger partial charge < -0.3 is 5.32 Å². The van der Waals surface area contributed by atoms with Crippen LogP contribution in [-0.4, -0.2) is 26.0 Å².